The van der Waals surface area contributed by atoms with Gasteiger partial charge in [0.15, 0.2) is 0 Å². The summed E-state index contributed by atoms with van der Waals surface area (Å²) in [6, 6.07) is 19.2. The SMILES string of the molecule is CCCCCCCCCCCCC1CN(Nc2ccc(-c3ccccc3)cc2)CO1. The van der Waals surface area contributed by atoms with Crippen molar-refractivity contribution in [2.75, 3.05) is 18.7 Å². The molecule has 1 aliphatic heterocycles. The molecule has 3 heteroatoms. The molecule has 0 aliphatic carbocycles. The van der Waals surface area contributed by atoms with Crippen LogP contribution in [0.15, 0.2) is 54.6 Å². The molecule has 1 fully saturated rings. The summed E-state index contributed by atoms with van der Waals surface area (Å²) in [6.45, 7) is 3.92. The Balaban J connectivity index is 1.25. The fraction of sp³-hybridized carbons (Fsp3) is 0.556. The molecule has 3 rings (SSSR count). The van der Waals surface area contributed by atoms with E-state index in [1.54, 1.807) is 0 Å². The van der Waals surface area contributed by atoms with Crippen molar-refractivity contribution in [1.29, 1.82) is 0 Å². The minimum absolute atomic E-state index is 0.370. The molecule has 2 aromatic rings. The number of anilines is 1. The third-order valence-electron chi connectivity index (χ3n) is 6.05. The van der Waals surface area contributed by atoms with Gasteiger partial charge < -0.3 is 10.2 Å². The number of nitrogens with one attached hydrogen (secondary N) is 1. The Bertz CT molecular complexity index is 686. The Kier molecular flexibility index (Phi) is 10.2. The van der Waals surface area contributed by atoms with E-state index >= 15 is 0 Å². The predicted molar refractivity (Wildman–Crippen MR) is 128 cm³/mol. The summed E-state index contributed by atoms with van der Waals surface area (Å²) < 4.78 is 5.98. The molecule has 0 aromatic heterocycles. The number of benzene rings is 2. The fourth-order valence-corrected chi connectivity index (χ4v) is 4.21. The first-order chi connectivity index (χ1) is 14.8. The summed E-state index contributed by atoms with van der Waals surface area (Å²) >= 11 is 0. The average molecular weight is 409 g/mol. The second-order valence-electron chi connectivity index (χ2n) is 8.67. The maximum Gasteiger partial charge on any atom is 0.117 e. The number of hydrogen-bond donors (Lipinski definition) is 1. The van der Waals surface area contributed by atoms with Crippen LogP contribution in [0.2, 0.25) is 0 Å². The second-order valence-corrected chi connectivity index (χ2v) is 8.67. The van der Waals surface area contributed by atoms with Crippen molar-refractivity contribution in [3.05, 3.63) is 54.6 Å². The van der Waals surface area contributed by atoms with E-state index in [9.17, 15) is 0 Å². The van der Waals surface area contributed by atoms with E-state index < -0.39 is 0 Å². The number of nitrogens with zero attached hydrogens (tertiary/aromatic N) is 1. The van der Waals surface area contributed by atoms with Gasteiger partial charge in [-0.25, -0.2) is 0 Å². The molecule has 0 amide bonds. The standard InChI is InChI=1S/C27H40N2O/c1-2-3-4-5-6-7-8-9-10-14-17-27-22-29(23-30-27)28-26-20-18-25(19-21-26)24-15-12-11-13-16-24/h11-13,15-16,18-21,27-28H,2-10,14,17,22-23H2,1H3. The van der Waals surface area contributed by atoms with Crippen molar-refractivity contribution in [1.82, 2.24) is 5.01 Å². The molecule has 164 valence electrons. The highest BCUT2D eigenvalue weighted by atomic mass is 16.5. The smallest absolute Gasteiger partial charge is 0.117 e. The molecule has 1 heterocycles. The summed E-state index contributed by atoms with van der Waals surface area (Å²) in [7, 11) is 0. The zero-order chi connectivity index (χ0) is 20.9. The monoisotopic (exact) mass is 408 g/mol. The van der Waals surface area contributed by atoms with Crippen LogP contribution in [0, 0.1) is 0 Å². The first-order valence-electron chi connectivity index (χ1n) is 12.1. The number of ether oxygens (including phenoxy) is 1. The maximum atomic E-state index is 5.98. The molecule has 3 nitrogen and oxygen atoms in total. The largest absolute Gasteiger partial charge is 0.360 e. The summed E-state index contributed by atoms with van der Waals surface area (Å²) in [5.41, 5.74) is 7.12. The quantitative estimate of drug-likeness (QED) is 0.325. The van der Waals surface area contributed by atoms with Gasteiger partial charge in [0.05, 0.1) is 6.10 Å². The van der Waals surface area contributed by atoms with Crippen LogP contribution >= 0.6 is 0 Å². The molecule has 2 aromatic carbocycles. The van der Waals surface area contributed by atoms with E-state index in [1.165, 1.54) is 81.8 Å². The summed E-state index contributed by atoms with van der Waals surface area (Å²) in [5.74, 6) is 0. The van der Waals surface area contributed by atoms with Gasteiger partial charge in [-0.3, -0.25) is 0 Å². The highest BCUT2D eigenvalue weighted by Crippen LogP contribution is 2.22. The van der Waals surface area contributed by atoms with Crippen LogP contribution in [0.1, 0.15) is 77.6 Å². The third-order valence-corrected chi connectivity index (χ3v) is 6.05. The molecule has 0 saturated carbocycles. The zero-order valence-corrected chi connectivity index (χ0v) is 18.8. The Morgan fingerprint density at radius 1 is 0.767 bits per heavy atom. The summed E-state index contributed by atoms with van der Waals surface area (Å²) in [6.07, 6.45) is 15.5. The predicted octanol–water partition coefficient (Wildman–Crippen LogP) is 7.65. The Morgan fingerprint density at radius 2 is 1.37 bits per heavy atom. The number of rotatable bonds is 14. The molecular weight excluding hydrogens is 368 g/mol. The van der Waals surface area contributed by atoms with Gasteiger partial charge in [0, 0.05) is 12.2 Å². The van der Waals surface area contributed by atoms with Crippen LogP contribution in [0.5, 0.6) is 0 Å². The lowest BCUT2D eigenvalue weighted by atomic mass is 10.0. The van der Waals surface area contributed by atoms with Crippen molar-refractivity contribution in [3.63, 3.8) is 0 Å². The molecule has 0 bridgehead atoms. The van der Waals surface area contributed by atoms with Crippen molar-refractivity contribution in [2.45, 2.75) is 83.7 Å². The zero-order valence-electron chi connectivity index (χ0n) is 18.8. The first-order valence-corrected chi connectivity index (χ1v) is 12.1. The molecule has 1 aliphatic rings. The molecular formula is C27H40N2O. The van der Waals surface area contributed by atoms with Crippen LogP contribution < -0.4 is 5.43 Å². The van der Waals surface area contributed by atoms with Crippen molar-refractivity contribution < 1.29 is 4.74 Å². The van der Waals surface area contributed by atoms with Gasteiger partial charge in [0.1, 0.15) is 6.73 Å². The molecule has 1 N–H and O–H groups in total. The second kappa shape index (κ2) is 13.5. The van der Waals surface area contributed by atoms with Crippen LogP contribution in [0.25, 0.3) is 11.1 Å². The number of hydrazine groups is 1. The molecule has 0 spiro atoms. The van der Waals surface area contributed by atoms with Crippen molar-refractivity contribution in [3.8, 4) is 11.1 Å². The van der Waals surface area contributed by atoms with E-state index in [-0.39, 0.29) is 0 Å². The van der Waals surface area contributed by atoms with Crippen LogP contribution in [-0.2, 0) is 4.74 Å². The van der Waals surface area contributed by atoms with Gasteiger partial charge in [-0.2, -0.15) is 5.01 Å². The average Bonchev–Trinajstić information content (AvgIpc) is 3.23. The van der Waals surface area contributed by atoms with E-state index in [1.807, 2.05) is 0 Å². The summed E-state index contributed by atoms with van der Waals surface area (Å²) in [5, 5.41) is 2.19. The van der Waals surface area contributed by atoms with Gasteiger partial charge in [-0.15, -0.1) is 0 Å². The Morgan fingerprint density at radius 3 is 2.03 bits per heavy atom. The van der Waals surface area contributed by atoms with Crippen LogP contribution in [-0.4, -0.2) is 24.4 Å². The minimum atomic E-state index is 0.370. The molecule has 1 unspecified atom stereocenters. The van der Waals surface area contributed by atoms with E-state index in [0.29, 0.717) is 12.8 Å². The maximum absolute atomic E-state index is 5.98. The highest BCUT2D eigenvalue weighted by Gasteiger charge is 2.22. The van der Waals surface area contributed by atoms with Gasteiger partial charge in [-0.1, -0.05) is 114 Å². The lowest BCUT2D eigenvalue weighted by Gasteiger charge is -2.17. The highest BCUT2D eigenvalue weighted by molar-refractivity contribution is 5.65. The summed E-state index contributed by atoms with van der Waals surface area (Å²) in [4.78, 5) is 0. The molecule has 1 saturated heterocycles. The Hall–Kier alpha value is -1.84. The van der Waals surface area contributed by atoms with E-state index in [0.717, 1.165) is 12.2 Å². The van der Waals surface area contributed by atoms with Gasteiger partial charge in [0.25, 0.3) is 0 Å². The Labute approximate surface area is 183 Å². The lowest BCUT2D eigenvalue weighted by Crippen LogP contribution is -2.28. The number of unbranched alkanes of at least 4 members (excludes halogenated alkanes) is 9. The van der Waals surface area contributed by atoms with Crippen LogP contribution in [0.4, 0.5) is 5.69 Å². The fourth-order valence-electron chi connectivity index (χ4n) is 4.21. The molecule has 1 atom stereocenters. The molecule has 0 radical (unpaired) electrons. The van der Waals surface area contributed by atoms with Crippen molar-refractivity contribution >= 4 is 5.69 Å². The molecule has 30 heavy (non-hydrogen) atoms. The van der Waals surface area contributed by atoms with Crippen molar-refractivity contribution in [2.24, 2.45) is 0 Å². The van der Waals surface area contributed by atoms with E-state index in [2.05, 4.69) is 72.0 Å². The van der Waals surface area contributed by atoms with Gasteiger partial charge >= 0.3 is 0 Å². The topological polar surface area (TPSA) is 24.5 Å². The lowest BCUT2D eigenvalue weighted by molar-refractivity contribution is 0.0882. The van der Waals surface area contributed by atoms with E-state index in [4.69, 9.17) is 4.74 Å². The van der Waals surface area contributed by atoms with Gasteiger partial charge in [-0.05, 0) is 29.7 Å². The first kappa shape index (κ1) is 22.8. The normalized spacial score (nSPS) is 16.8. The van der Waals surface area contributed by atoms with Crippen LogP contribution in [0.3, 0.4) is 0 Å². The third kappa shape index (κ3) is 8.12. The van der Waals surface area contributed by atoms with Gasteiger partial charge in [0.2, 0.25) is 0 Å². The minimum Gasteiger partial charge on any atom is -0.360 e. The number of hydrogen-bond acceptors (Lipinski definition) is 3.